The summed E-state index contributed by atoms with van der Waals surface area (Å²) in [6.45, 7) is 0.796. The zero-order valence-electron chi connectivity index (χ0n) is 11.4. The zero-order valence-corrected chi connectivity index (χ0v) is 11.4. The third-order valence-corrected chi connectivity index (χ3v) is 2.63. The lowest BCUT2D eigenvalue weighted by Gasteiger charge is -2.07. The Morgan fingerprint density at radius 3 is 2.73 bits per heavy atom. The number of hydrogen-bond acceptors (Lipinski definition) is 6. The highest BCUT2D eigenvalue weighted by molar-refractivity contribution is 5.98. The molecular formula is C13H11F2N3O4. The van der Waals surface area contributed by atoms with E-state index >= 15 is 0 Å². The number of halogens is 2. The van der Waals surface area contributed by atoms with Crippen LogP contribution >= 0.6 is 0 Å². The number of carbonyl (C=O) groups excluding carboxylic acids is 2. The first-order valence-corrected chi connectivity index (χ1v) is 6.02. The van der Waals surface area contributed by atoms with Crippen LogP contribution in [0.1, 0.15) is 16.1 Å². The number of esters is 1. The molecule has 22 heavy (non-hydrogen) atoms. The van der Waals surface area contributed by atoms with E-state index in [4.69, 9.17) is 10.5 Å². The van der Waals surface area contributed by atoms with E-state index in [1.807, 2.05) is 0 Å². The van der Waals surface area contributed by atoms with Crippen molar-refractivity contribution in [3.05, 3.63) is 41.1 Å². The Morgan fingerprint density at radius 1 is 1.41 bits per heavy atom. The average molecular weight is 311 g/mol. The molecule has 116 valence electrons. The number of nitrogens with zero attached hydrogens (tertiary/aromatic N) is 1. The summed E-state index contributed by atoms with van der Waals surface area (Å²) in [4.78, 5) is 23.3. The minimum atomic E-state index is -0.946. The number of amides is 1. The predicted octanol–water partition coefficient (Wildman–Crippen LogP) is 1.64. The first kappa shape index (κ1) is 15.4. The summed E-state index contributed by atoms with van der Waals surface area (Å²) >= 11 is 0. The van der Waals surface area contributed by atoms with Crippen molar-refractivity contribution in [1.82, 2.24) is 5.16 Å². The zero-order chi connectivity index (χ0) is 16.3. The van der Waals surface area contributed by atoms with Gasteiger partial charge in [0.2, 0.25) is 5.88 Å². The van der Waals surface area contributed by atoms with E-state index in [9.17, 15) is 18.4 Å². The SMILES string of the molecule is Cc1noc(N)c1C(=O)OCC(=O)Nc1ccc(F)cc1F. The Kier molecular flexibility index (Phi) is 4.35. The fourth-order valence-corrected chi connectivity index (χ4v) is 1.62. The second kappa shape index (κ2) is 6.20. The lowest BCUT2D eigenvalue weighted by Crippen LogP contribution is -2.22. The molecule has 0 saturated heterocycles. The van der Waals surface area contributed by atoms with Gasteiger partial charge in [-0.05, 0) is 19.1 Å². The monoisotopic (exact) mass is 311 g/mol. The Bertz CT molecular complexity index is 711. The van der Waals surface area contributed by atoms with E-state index in [-0.39, 0.29) is 22.8 Å². The summed E-state index contributed by atoms with van der Waals surface area (Å²) in [5.41, 5.74) is 5.29. The summed E-state index contributed by atoms with van der Waals surface area (Å²) in [7, 11) is 0. The van der Waals surface area contributed by atoms with E-state index < -0.39 is 30.1 Å². The summed E-state index contributed by atoms with van der Waals surface area (Å²) in [5.74, 6) is -3.65. The maximum absolute atomic E-state index is 13.3. The number of benzene rings is 1. The van der Waals surface area contributed by atoms with E-state index in [1.165, 1.54) is 6.92 Å². The van der Waals surface area contributed by atoms with Gasteiger partial charge in [0.1, 0.15) is 17.2 Å². The van der Waals surface area contributed by atoms with Crippen LogP contribution in [0.2, 0.25) is 0 Å². The largest absolute Gasteiger partial charge is 0.452 e. The van der Waals surface area contributed by atoms with E-state index in [0.717, 1.165) is 12.1 Å². The van der Waals surface area contributed by atoms with Gasteiger partial charge in [0.05, 0.1) is 11.4 Å². The highest BCUT2D eigenvalue weighted by Gasteiger charge is 2.21. The molecule has 0 aliphatic rings. The topological polar surface area (TPSA) is 107 Å². The summed E-state index contributed by atoms with van der Waals surface area (Å²) < 4.78 is 35.4. The van der Waals surface area contributed by atoms with Crippen molar-refractivity contribution in [1.29, 1.82) is 0 Å². The minimum absolute atomic E-state index is 0.0826. The van der Waals surface area contributed by atoms with E-state index in [2.05, 4.69) is 15.0 Å². The van der Waals surface area contributed by atoms with Gasteiger partial charge in [0.15, 0.2) is 6.61 Å². The Labute approximate surface area is 123 Å². The lowest BCUT2D eigenvalue weighted by atomic mass is 10.2. The smallest absolute Gasteiger partial charge is 0.346 e. The van der Waals surface area contributed by atoms with Crippen molar-refractivity contribution < 1.29 is 27.6 Å². The molecule has 9 heteroatoms. The molecule has 1 amide bonds. The normalized spacial score (nSPS) is 10.3. The first-order chi connectivity index (χ1) is 10.4. The van der Waals surface area contributed by atoms with Gasteiger partial charge in [0, 0.05) is 6.07 Å². The molecule has 0 aliphatic carbocycles. The van der Waals surface area contributed by atoms with Gasteiger partial charge in [-0.3, -0.25) is 4.79 Å². The standard InChI is InChI=1S/C13H11F2N3O4/c1-6-11(12(16)22-18-6)13(20)21-5-10(19)17-9-3-2-7(14)4-8(9)15/h2-4H,5,16H2,1H3,(H,17,19). The third kappa shape index (κ3) is 3.37. The maximum atomic E-state index is 13.3. The highest BCUT2D eigenvalue weighted by atomic mass is 19.1. The predicted molar refractivity (Wildman–Crippen MR) is 70.9 cm³/mol. The number of ether oxygens (including phenoxy) is 1. The van der Waals surface area contributed by atoms with Gasteiger partial charge in [-0.1, -0.05) is 5.16 Å². The Hall–Kier alpha value is -2.97. The van der Waals surface area contributed by atoms with Gasteiger partial charge in [-0.15, -0.1) is 0 Å². The molecule has 0 unspecified atom stereocenters. The Morgan fingerprint density at radius 2 is 2.14 bits per heavy atom. The van der Waals surface area contributed by atoms with E-state index in [1.54, 1.807) is 0 Å². The second-order valence-corrected chi connectivity index (χ2v) is 4.26. The number of nitrogens with one attached hydrogen (secondary N) is 1. The quantitative estimate of drug-likeness (QED) is 0.831. The van der Waals surface area contributed by atoms with E-state index in [0.29, 0.717) is 6.07 Å². The molecule has 7 nitrogen and oxygen atoms in total. The number of aromatic nitrogens is 1. The molecule has 0 spiro atoms. The molecule has 1 heterocycles. The number of hydrogen-bond donors (Lipinski definition) is 2. The van der Waals surface area contributed by atoms with Crippen molar-refractivity contribution in [3.8, 4) is 0 Å². The molecule has 0 radical (unpaired) electrons. The number of anilines is 2. The van der Waals surface area contributed by atoms with Crippen LogP contribution in [0.3, 0.4) is 0 Å². The summed E-state index contributed by atoms with van der Waals surface area (Å²) in [6.07, 6.45) is 0. The number of carbonyl (C=O) groups is 2. The Balaban J connectivity index is 1.94. The summed E-state index contributed by atoms with van der Waals surface area (Å²) in [6, 6.07) is 2.64. The highest BCUT2D eigenvalue weighted by Crippen LogP contribution is 2.17. The number of nitrogen functional groups attached to an aromatic ring is 1. The fraction of sp³-hybridized carbons (Fsp3) is 0.154. The lowest BCUT2D eigenvalue weighted by molar-refractivity contribution is -0.119. The van der Waals surface area contributed by atoms with Gasteiger partial charge in [-0.25, -0.2) is 13.6 Å². The molecule has 0 aliphatic heterocycles. The van der Waals surface area contributed by atoms with Crippen molar-refractivity contribution in [3.63, 3.8) is 0 Å². The second-order valence-electron chi connectivity index (χ2n) is 4.26. The molecule has 0 bridgehead atoms. The molecule has 1 aromatic heterocycles. The van der Waals surface area contributed by atoms with Gasteiger partial charge >= 0.3 is 5.97 Å². The third-order valence-electron chi connectivity index (χ3n) is 2.63. The van der Waals surface area contributed by atoms with Crippen LogP contribution in [0.25, 0.3) is 0 Å². The molecule has 2 rings (SSSR count). The van der Waals surface area contributed by atoms with Gasteiger partial charge in [0.25, 0.3) is 5.91 Å². The minimum Gasteiger partial charge on any atom is -0.452 e. The van der Waals surface area contributed by atoms with Crippen molar-refractivity contribution >= 4 is 23.4 Å². The van der Waals surface area contributed by atoms with Crippen LogP contribution in [0.5, 0.6) is 0 Å². The molecule has 0 fully saturated rings. The van der Waals surface area contributed by atoms with Crippen LogP contribution in [0.4, 0.5) is 20.4 Å². The molecule has 3 N–H and O–H groups in total. The van der Waals surface area contributed by atoms with Crippen LogP contribution in [0.15, 0.2) is 22.7 Å². The first-order valence-electron chi connectivity index (χ1n) is 6.02. The van der Waals surface area contributed by atoms with Crippen molar-refractivity contribution in [2.45, 2.75) is 6.92 Å². The van der Waals surface area contributed by atoms with Crippen molar-refractivity contribution in [2.24, 2.45) is 0 Å². The van der Waals surface area contributed by atoms with Gasteiger partial charge < -0.3 is 20.3 Å². The molecule has 0 atom stereocenters. The maximum Gasteiger partial charge on any atom is 0.346 e. The van der Waals surface area contributed by atoms with Crippen LogP contribution in [0, 0.1) is 18.6 Å². The number of aryl methyl sites for hydroxylation is 1. The molecule has 2 aromatic rings. The fourth-order valence-electron chi connectivity index (χ4n) is 1.62. The summed E-state index contributed by atoms with van der Waals surface area (Å²) in [5, 5.41) is 5.60. The van der Waals surface area contributed by atoms with Crippen molar-refractivity contribution in [2.75, 3.05) is 17.7 Å². The van der Waals surface area contributed by atoms with Crippen LogP contribution < -0.4 is 11.1 Å². The molecule has 1 aromatic carbocycles. The number of nitrogens with two attached hydrogens (primary N) is 1. The molecule has 0 saturated carbocycles. The van der Waals surface area contributed by atoms with Gasteiger partial charge in [-0.2, -0.15) is 0 Å². The number of rotatable bonds is 4. The average Bonchev–Trinajstić information content (AvgIpc) is 2.79. The van der Waals surface area contributed by atoms with Crippen LogP contribution in [-0.2, 0) is 9.53 Å². The molecular weight excluding hydrogens is 300 g/mol. The van der Waals surface area contributed by atoms with Crippen LogP contribution in [-0.4, -0.2) is 23.6 Å².